The Balaban J connectivity index is 2.32. The van der Waals surface area contributed by atoms with Gasteiger partial charge in [0.2, 0.25) is 0 Å². The molecule has 0 heterocycles. The van der Waals surface area contributed by atoms with Gasteiger partial charge in [-0.3, -0.25) is 4.79 Å². The molecule has 104 valence electrons. The zero-order valence-electron chi connectivity index (χ0n) is 11.5. The summed E-state index contributed by atoms with van der Waals surface area (Å²) in [5.41, 5.74) is 2.73. The molecule has 0 saturated carbocycles. The fraction of sp³-hybridized carbons (Fsp3) is 0.235. The second-order valence-electron chi connectivity index (χ2n) is 4.88. The molecule has 1 unspecified atom stereocenters. The smallest absolute Gasteiger partial charge is 0.194 e. The van der Waals surface area contributed by atoms with Gasteiger partial charge in [-0.05, 0) is 58.7 Å². The van der Waals surface area contributed by atoms with Gasteiger partial charge in [0.15, 0.2) is 5.78 Å². The summed E-state index contributed by atoms with van der Waals surface area (Å²) in [5, 5.41) is 0. The van der Waals surface area contributed by atoms with Crippen LogP contribution in [0.2, 0.25) is 0 Å². The van der Waals surface area contributed by atoms with Crippen LogP contribution in [-0.2, 0) is 0 Å². The molecule has 0 aliphatic carbocycles. The van der Waals surface area contributed by atoms with E-state index in [4.69, 9.17) is 0 Å². The van der Waals surface area contributed by atoms with Gasteiger partial charge in [0.1, 0.15) is 0 Å². The molecule has 1 atom stereocenters. The average molecular weight is 443 g/mol. The largest absolute Gasteiger partial charge is 0.289 e. The van der Waals surface area contributed by atoms with E-state index in [0.717, 1.165) is 20.0 Å². The zero-order chi connectivity index (χ0) is 14.7. The molecule has 2 aromatic carbocycles. The van der Waals surface area contributed by atoms with E-state index in [0.29, 0.717) is 11.5 Å². The van der Waals surface area contributed by atoms with Crippen molar-refractivity contribution in [3.63, 3.8) is 0 Å². The third-order valence-electron chi connectivity index (χ3n) is 3.53. The Morgan fingerprint density at radius 1 is 1.20 bits per heavy atom. The number of halogens is 2. The highest BCUT2D eigenvalue weighted by Crippen LogP contribution is 2.24. The first kappa shape index (κ1) is 15.7. The molecule has 1 nitrogen and oxygen atoms in total. The van der Waals surface area contributed by atoms with Gasteiger partial charge in [0.05, 0.1) is 0 Å². The molecule has 0 spiro atoms. The Morgan fingerprint density at radius 2 is 1.85 bits per heavy atom. The fourth-order valence-electron chi connectivity index (χ4n) is 2.03. The van der Waals surface area contributed by atoms with E-state index in [1.807, 2.05) is 30.3 Å². The van der Waals surface area contributed by atoms with E-state index in [9.17, 15) is 4.79 Å². The van der Waals surface area contributed by atoms with Crippen LogP contribution in [0.25, 0.3) is 0 Å². The van der Waals surface area contributed by atoms with Crippen LogP contribution in [0.5, 0.6) is 0 Å². The fourth-order valence-corrected chi connectivity index (χ4v) is 2.94. The van der Waals surface area contributed by atoms with Crippen molar-refractivity contribution in [1.29, 1.82) is 0 Å². The summed E-state index contributed by atoms with van der Waals surface area (Å²) in [6, 6.07) is 13.8. The van der Waals surface area contributed by atoms with Gasteiger partial charge in [0, 0.05) is 19.2 Å². The molecule has 0 aliphatic heterocycles. The van der Waals surface area contributed by atoms with E-state index in [1.165, 1.54) is 5.56 Å². The van der Waals surface area contributed by atoms with Crippen LogP contribution >= 0.6 is 38.5 Å². The van der Waals surface area contributed by atoms with Crippen LogP contribution in [-0.4, -0.2) is 5.78 Å². The minimum atomic E-state index is 0.0612. The number of ketones is 1. The van der Waals surface area contributed by atoms with E-state index < -0.39 is 0 Å². The molecule has 2 aromatic rings. The van der Waals surface area contributed by atoms with Gasteiger partial charge in [-0.2, -0.15) is 0 Å². The maximum Gasteiger partial charge on any atom is 0.194 e. The van der Waals surface area contributed by atoms with Crippen LogP contribution in [0.4, 0.5) is 0 Å². The SMILES string of the molecule is CCC(C)c1ccc(C(=O)c2cc(I)ccc2Br)cc1. The molecular weight excluding hydrogens is 427 g/mol. The van der Waals surface area contributed by atoms with Gasteiger partial charge in [-0.25, -0.2) is 0 Å². The van der Waals surface area contributed by atoms with Crippen molar-refractivity contribution in [3.8, 4) is 0 Å². The number of rotatable bonds is 4. The summed E-state index contributed by atoms with van der Waals surface area (Å²) in [4.78, 5) is 12.5. The van der Waals surface area contributed by atoms with E-state index in [-0.39, 0.29) is 5.78 Å². The Labute approximate surface area is 142 Å². The molecule has 0 aliphatic rings. The summed E-state index contributed by atoms with van der Waals surface area (Å²) in [5.74, 6) is 0.592. The number of hydrogen-bond donors (Lipinski definition) is 0. The minimum Gasteiger partial charge on any atom is -0.289 e. The Kier molecular flexibility index (Phi) is 5.38. The van der Waals surface area contributed by atoms with Crippen molar-refractivity contribution in [2.45, 2.75) is 26.2 Å². The lowest BCUT2D eigenvalue weighted by Crippen LogP contribution is -2.03. The molecule has 0 radical (unpaired) electrons. The van der Waals surface area contributed by atoms with Crippen LogP contribution < -0.4 is 0 Å². The molecule has 0 amide bonds. The van der Waals surface area contributed by atoms with Crippen molar-refractivity contribution in [1.82, 2.24) is 0 Å². The highest BCUT2D eigenvalue weighted by Gasteiger charge is 2.13. The van der Waals surface area contributed by atoms with Crippen LogP contribution in [0.3, 0.4) is 0 Å². The van der Waals surface area contributed by atoms with Crippen LogP contribution in [0, 0.1) is 3.57 Å². The summed E-state index contributed by atoms with van der Waals surface area (Å²) in [6.07, 6.45) is 1.11. The first-order valence-corrected chi connectivity index (χ1v) is 8.49. The molecule has 0 N–H and O–H groups in total. The van der Waals surface area contributed by atoms with E-state index in [1.54, 1.807) is 0 Å². The third kappa shape index (κ3) is 3.50. The van der Waals surface area contributed by atoms with Crippen molar-refractivity contribution in [3.05, 3.63) is 67.2 Å². The van der Waals surface area contributed by atoms with Gasteiger partial charge in [0.25, 0.3) is 0 Å². The first-order valence-electron chi connectivity index (χ1n) is 6.62. The van der Waals surface area contributed by atoms with Gasteiger partial charge < -0.3 is 0 Å². The molecule has 20 heavy (non-hydrogen) atoms. The predicted molar refractivity (Wildman–Crippen MR) is 95.4 cm³/mol. The second-order valence-corrected chi connectivity index (χ2v) is 6.98. The van der Waals surface area contributed by atoms with Crippen molar-refractivity contribution >= 4 is 44.3 Å². The van der Waals surface area contributed by atoms with Gasteiger partial charge in [-0.1, -0.05) is 54.0 Å². The molecule has 2 rings (SSSR count). The van der Waals surface area contributed by atoms with Gasteiger partial charge in [-0.15, -0.1) is 0 Å². The van der Waals surface area contributed by atoms with E-state index in [2.05, 4.69) is 64.5 Å². The highest BCUT2D eigenvalue weighted by molar-refractivity contribution is 14.1. The number of carbonyl (C=O) groups is 1. The average Bonchev–Trinajstić information content (AvgIpc) is 2.48. The van der Waals surface area contributed by atoms with E-state index >= 15 is 0 Å². The Morgan fingerprint density at radius 3 is 2.45 bits per heavy atom. The van der Waals surface area contributed by atoms with Crippen molar-refractivity contribution in [2.75, 3.05) is 0 Å². The first-order chi connectivity index (χ1) is 9.52. The molecule has 3 heteroatoms. The number of hydrogen-bond acceptors (Lipinski definition) is 1. The number of carbonyl (C=O) groups excluding carboxylic acids is 1. The number of benzene rings is 2. The van der Waals surface area contributed by atoms with Crippen molar-refractivity contribution < 1.29 is 4.79 Å². The maximum atomic E-state index is 12.5. The summed E-state index contributed by atoms with van der Waals surface area (Å²) in [6.45, 7) is 4.37. The Hall–Kier alpha value is -0.680. The summed E-state index contributed by atoms with van der Waals surface area (Å²) in [7, 11) is 0. The van der Waals surface area contributed by atoms with Crippen LogP contribution in [0.15, 0.2) is 46.9 Å². The van der Waals surface area contributed by atoms with Gasteiger partial charge >= 0.3 is 0 Å². The highest BCUT2D eigenvalue weighted by atomic mass is 127. The topological polar surface area (TPSA) is 17.1 Å². The third-order valence-corrected chi connectivity index (χ3v) is 4.89. The predicted octanol–water partition coefficient (Wildman–Crippen LogP) is 5.80. The molecule has 0 bridgehead atoms. The molecular formula is C17H16BrIO. The second kappa shape index (κ2) is 6.85. The maximum absolute atomic E-state index is 12.5. The van der Waals surface area contributed by atoms with Crippen LogP contribution in [0.1, 0.15) is 47.7 Å². The lowest BCUT2D eigenvalue weighted by molar-refractivity contribution is 0.103. The molecule has 0 fully saturated rings. The lowest BCUT2D eigenvalue weighted by atomic mass is 9.95. The normalized spacial score (nSPS) is 12.2. The standard InChI is InChI=1S/C17H16BrIO/c1-3-11(2)12-4-6-13(7-5-12)17(20)15-10-14(19)8-9-16(15)18/h4-11H,3H2,1-2H3. The zero-order valence-corrected chi connectivity index (χ0v) is 15.2. The van der Waals surface area contributed by atoms with Crippen molar-refractivity contribution in [2.24, 2.45) is 0 Å². The quantitative estimate of drug-likeness (QED) is 0.432. The minimum absolute atomic E-state index is 0.0612. The Bertz CT molecular complexity index is 619. The monoisotopic (exact) mass is 442 g/mol. The molecule has 0 aromatic heterocycles. The molecule has 0 saturated heterocycles. The lowest BCUT2D eigenvalue weighted by Gasteiger charge is -2.10. The summed E-state index contributed by atoms with van der Waals surface area (Å²) < 4.78 is 1.90. The summed E-state index contributed by atoms with van der Waals surface area (Å²) >= 11 is 5.67.